The quantitative estimate of drug-likeness (QED) is 0.664. The first-order valence-corrected chi connectivity index (χ1v) is 6.76. The van der Waals surface area contributed by atoms with Gasteiger partial charge in [0.05, 0.1) is 4.92 Å². The van der Waals surface area contributed by atoms with Gasteiger partial charge in [-0.15, -0.1) is 0 Å². The lowest BCUT2D eigenvalue weighted by Gasteiger charge is -2.22. The Morgan fingerprint density at radius 3 is 2.83 bits per heavy atom. The van der Waals surface area contributed by atoms with Crippen LogP contribution in [0.25, 0.3) is 0 Å². The number of nitriles is 1. The minimum atomic E-state index is -0.591. The molecule has 1 fully saturated rings. The average molecular weight is 264 g/mol. The summed E-state index contributed by atoms with van der Waals surface area (Å²) in [7, 11) is 0. The zero-order chi connectivity index (χ0) is 13.0. The van der Waals surface area contributed by atoms with Crippen LogP contribution in [0.5, 0.6) is 0 Å². The van der Waals surface area contributed by atoms with Gasteiger partial charge in [0, 0.05) is 12.1 Å². The van der Waals surface area contributed by atoms with E-state index in [1.165, 1.54) is 6.07 Å². The minimum Gasteiger partial charge on any atom is -0.367 e. The van der Waals surface area contributed by atoms with Crippen molar-refractivity contribution in [1.82, 2.24) is 4.98 Å². The van der Waals surface area contributed by atoms with Crippen molar-refractivity contribution < 1.29 is 4.92 Å². The van der Waals surface area contributed by atoms with Crippen LogP contribution in [0.15, 0.2) is 12.1 Å². The largest absolute Gasteiger partial charge is 0.367 e. The van der Waals surface area contributed by atoms with Gasteiger partial charge in [0.2, 0.25) is 5.69 Å². The van der Waals surface area contributed by atoms with Crippen molar-refractivity contribution in [3.05, 3.63) is 27.9 Å². The van der Waals surface area contributed by atoms with Crippen LogP contribution >= 0.6 is 11.8 Å². The van der Waals surface area contributed by atoms with E-state index in [1.807, 2.05) is 11.8 Å². The number of thioether (sulfide) groups is 1. The third-order valence-corrected chi connectivity index (χ3v) is 3.80. The van der Waals surface area contributed by atoms with Crippen molar-refractivity contribution in [3.63, 3.8) is 0 Å². The van der Waals surface area contributed by atoms with E-state index >= 15 is 0 Å². The van der Waals surface area contributed by atoms with E-state index in [4.69, 9.17) is 5.26 Å². The molecule has 0 aliphatic carbocycles. The first-order valence-electron chi connectivity index (χ1n) is 5.60. The number of nitrogens with zero attached hydrogens (tertiary/aromatic N) is 3. The number of rotatable bonds is 3. The molecule has 1 aromatic rings. The van der Waals surface area contributed by atoms with Crippen LogP contribution in [-0.4, -0.2) is 27.5 Å². The molecule has 1 aliphatic rings. The highest BCUT2D eigenvalue weighted by Gasteiger charge is 2.18. The molecule has 7 heteroatoms. The maximum Gasteiger partial charge on any atom is 0.305 e. The minimum absolute atomic E-state index is 0.143. The second-order valence-corrected chi connectivity index (χ2v) is 5.19. The van der Waals surface area contributed by atoms with Gasteiger partial charge in [0.15, 0.2) is 0 Å². The molecule has 94 valence electrons. The molecule has 0 amide bonds. The van der Waals surface area contributed by atoms with Crippen molar-refractivity contribution in [2.45, 2.75) is 18.9 Å². The van der Waals surface area contributed by atoms with Crippen molar-refractivity contribution in [1.29, 1.82) is 5.26 Å². The lowest BCUT2D eigenvalue weighted by molar-refractivity contribution is -0.385. The molecule has 1 aliphatic heterocycles. The van der Waals surface area contributed by atoms with Crippen LogP contribution in [0.1, 0.15) is 18.5 Å². The van der Waals surface area contributed by atoms with Crippen LogP contribution in [0, 0.1) is 21.4 Å². The van der Waals surface area contributed by atoms with E-state index in [-0.39, 0.29) is 11.4 Å². The van der Waals surface area contributed by atoms with Gasteiger partial charge in [-0.3, -0.25) is 10.1 Å². The van der Waals surface area contributed by atoms with Crippen molar-refractivity contribution in [3.8, 4) is 6.07 Å². The van der Waals surface area contributed by atoms with Gasteiger partial charge in [-0.1, -0.05) is 0 Å². The second kappa shape index (κ2) is 5.69. The van der Waals surface area contributed by atoms with Crippen molar-refractivity contribution >= 4 is 23.3 Å². The SMILES string of the molecule is N#Cc1nc(NC2CCSCC2)ccc1[N+](=O)[O-]. The van der Waals surface area contributed by atoms with Gasteiger partial charge in [-0.2, -0.15) is 17.0 Å². The van der Waals surface area contributed by atoms with Crippen LogP contribution < -0.4 is 5.32 Å². The highest BCUT2D eigenvalue weighted by Crippen LogP contribution is 2.22. The average Bonchev–Trinajstić information content (AvgIpc) is 2.39. The molecular weight excluding hydrogens is 252 g/mol. The molecule has 0 bridgehead atoms. The van der Waals surface area contributed by atoms with Crippen molar-refractivity contribution in [2.24, 2.45) is 0 Å². The summed E-state index contributed by atoms with van der Waals surface area (Å²) in [5.41, 5.74) is -0.391. The topological polar surface area (TPSA) is 91.8 Å². The number of aromatic nitrogens is 1. The molecule has 18 heavy (non-hydrogen) atoms. The zero-order valence-electron chi connectivity index (χ0n) is 9.63. The van der Waals surface area contributed by atoms with E-state index in [2.05, 4.69) is 10.3 Å². The lowest BCUT2D eigenvalue weighted by Crippen LogP contribution is -2.25. The highest BCUT2D eigenvalue weighted by atomic mass is 32.2. The van der Waals surface area contributed by atoms with E-state index in [0.29, 0.717) is 11.9 Å². The smallest absolute Gasteiger partial charge is 0.305 e. The van der Waals surface area contributed by atoms with Gasteiger partial charge < -0.3 is 5.32 Å². The Kier molecular flexibility index (Phi) is 3.99. The number of pyridine rings is 1. The molecule has 0 atom stereocenters. The zero-order valence-corrected chi connectivity index (χ0v) is 10.4. The van der Waals surface area contributed by atoms with Crippen LogP contribution in [0.3, 0.4) is 0 Å². The molecule has 6 nitrogen and oxygen atoms in total. The summed E-state index contributed by atoms with van der Waals surface area (Å²) >= 11 is 1.92. The Bertz CT molecular complexity index is 494. The molecule has 1 N–H and O–H groups in total. The third kappa shape index (κ3) is 2.90. The molecule has 2 heterocycles. The number of hydrogen-bond acceptors (Lipinski definition) is 6. The molecular formula is C11H12N4O2S. The Morgan fingerprint density at radius 1 is 1.50 bits per heavy atom. The molecule has 0 saturated carbocycles. The summed E-state index contributed by atoms with van der Waals surface area (Å²) in [6, 6.07) is 4.98. The van der Waals surface area contributed by atoms with Gasteiger partial charge in [-0.05, 0) is 30.4 Å². The van der Waals surface area contributed by atoms with E-state index in [9.17, 15) is 10.1 Å². The molecule has 2 rings (SSSR count). The Morgan fingerprint density at radius 2 is 2.22 bits per heavy atom. The van der Waals surface area contributed by atoms with Gasteiger partial charge in [-0.25, -0.2) is 4.98 Å². The predicted octanol–water partition coefficient (Wildman–Crippen LogP) is 2.17. The third-order valence-electron chi connectivity index (χ3n) is 2.75. The summed E-state index contributed by atoms with van der Waals surface area (Å²) in [6.45, 7) is 0. The first-order chi connectivity index (χ1) is 8.70. The Balaban J connectivity index is 2.14. The predicted molar refractivity (Wildman–Crippen MR) is 69.6 cm³/mol. The summed E-state index contributed by atoms with van der Waals surface area (Å²) in [5.74, 6) is 2.75. The maximum absolute atomic E-state index is 10.7. The molecule has 1 aromatic heterocycles. The van der Waals surface area contributed by atoms with E-state index in [1.54, 1.807) is 12.1 Å². The summed E-state index contributed by atoms with van der Waals surface area (Å²) in [4.78, 5) is 14.1. The summed E-state index contributed by atoms with van der Waals surface area (Å²) in [6.07, 6.45) is 2.09. The molecule has 0 radical (unpaired) electrons. The number of nitro groups is 1. The fourth-order valence-corrected chi connectivity index (χ4v) is 2.92. The molecule has 0 spiro atoms. The molecule has 0 aromatic carbocycles. The Hall–Kier alpha value is -1.81. The van der Waals surface area contributed by atoms with Crippen LogP contribution in [0.4, 0.5) is 11.5 Å². The van der Waals surface area contributed by atoms with Gasteiger partial charge in [0.25, 0.3) is 0 Å². The number of hydrogen-bond donors (Lipinski definition) is 1. The summed E-state index contributed by atoms with van der Waals surface area (Å²) in [5, 5.41) is 22.7. The highest BCUT2D eigenvalue weighted by molar-refractivity contribution is 7.99. The van der Waals surface area contributed by atoms with Crippen LogP contribution in [-0.2, 0) is 0 Å². The maximum atomic E-state index is 10.7. The fourth-order valence-electron chi connectivity index (χ4n) is 1.81. The number of anilines is 1. The Labute approximate surface area is 109 Å². The van der Waals surface area contributed by atoms with E-state index in [0.717, 1.165) is 24.3 Å². The molecule has 1 saturated heterocycles. The lowest BCUT2D eigenvalue weighted by atomic mass is 10.1. The number of nitrogens with one attached hydrogen (secondary N) is 1. The monoisotopic (exact) mass is 264 g/mol. The summed E-state index contributed by atoms with van der Waals surface area (Å²) < 4.78 is 0. The van der Waals surface area contributed by atoms with E-state index < -0.39 is 4.92 Å². The normalized spacial score (nSPS) is 15.9. The molecule has 0 unspecified atom stereocenters. The fraction of sp³-hybridized carbons (Fsp3) is 0.455. The standard InChI is InChI=1S/C11H12N4O2S/c12-7-9-10(15(16)17)1-2-11(14-9)13-8-3-5-18-6-4-8/h1-2,8H,3-6H2,(H,13,14). The van der Waals surface area contributed by atoms with Crippen molar-refractivity contribution in [2.75, 3.05) is 16.8 Å². The van der Waals surface area contributed by atoms with Gasteiger partial charge in [0.1, 0.15) is 11.9 Å². The van der Waals surface area contributed by atoms with Gasteiger partial charge >= 0.3 is 5.69 Å². The van der Waals surface area contributed by atoms with Crippen LogP contribution in [0.2, 0.25) is 0 Å². The first kappa shape index (κ1) is 12.6. The second-order valence-electron chi connectivity index (χ2n) is 3.96.